The molecule has 2 aliphatic heterocycles. The van der Waals surface area contributed by atoms with Gasteiger partial charge in [0.25, 0.3) is 0 Å². The van der Waals surface area contributed by atoms with E-state index in [-0.39, 0.29) is 24.1 Å². The number of piperidine rings is 2. The Bertz CT molecular complexity index is 1000. The summed E-state index contributed by atoms with van der Waals surface area (Å²) in [6, 6.07) is 19.7. The number of ether oxygens (including phenoxy) is 1. The molecule has 2 saturated heterocycles. The second kappa shape index (κ2) is 16.4. The van der Waals surface area contributed by atoms with E-state index >= 15 is 0 Å². The van der Waals surface area contributed by atoms with Crippen molar-refractivity contribution in [3.63, 3.8) is 0 Å². The van der Waals surface area contributed by atoms with Crippen LogP contribution in [0.25, 0.3) is 0 Å². The molecule has 5 N–H and O–H groups in total. The van der Waals surface area contributed by atoms with Crippen LogP contribution < -0.4 is 21.6 Å². The predicted molar refractivity (Wildman–Crippen MR) is 152 cm³/mol. The molecule has 0 saturated carbocycles. The first kappa shape index (κ1) is 31.7. The Hall–Kier alpha value is -2.86. The Balaban J connectivity index is 0.000000225. The number of nitrogens with one attached hydrogen (secondary N) is 4. The highest BCUT2D eigenvalue weighted by atomic mass is 16.6. The maximum atomic E-state index is 12.0. The van der Waals surface area contributed by atoms with Gasteiger partial charge in [-0.05, 0) is 57.6 Å². The van der Waals surface area contributed by atoms with Gasteiger partial charge in [0.15, 0.2) is 0 Å². The molecule has 2 aliphatic rings. The Morgan fingerprint density at radius 3 is 1.60 bits per heavy atom. The lowest BCUT2D eigenvalue weighted by atomic mass is 10.0. The number of hydrogen-bond acceptors (Lipinski definition) is 9. The van der Waals surface area contributed by atoms with Crippen molar-refractivity contribution < 1.29 is 29.1 Å². The topological polar surface area (TPSA) is 130 Å². The lowest BCUT2D eigenvalue weighted by molar-refractivity contribution is -0.158. The van der Waals surface area contributed by atoms with Crippen molar-refractivity contribution in [2.45, 2.75) is 89.4 Å². The van der Waals surface area contributed by atoms with E-state index < -0.39 is 17.6 Å². The van der Waals surface area contributed by atoms with Crippen molar-refractivity contribution in [2.75, 3.05) is 13.1 Å². The Morgan fingerprint density at radius 2 is 1.23 bits per heavy atom. The van der Waals surface area contributed by atoms with Crippen molar-refractivity contribution >= 4 is 11.9 Å². The molecule has 2 heterocycles. The number of hydroxylamine groups is 2. The molecule has 0 amide bonds. The van der Waals surface area contributed by atoms with E-state index in [4.69, 9.17) is 19.5 Å². The van der Waals surface area contributed by atoms with Crippen molar-refractivity contribution in [2.24, 2.45) is 0 Å². The first-order valence-corrected chi connectivity index (χ1v) is 13.9. The fraction of sp³-hybridized carbons (Fsp3) is 0.533. The highest BCUT2D eigenvalue weighted by Crippen LogP contribution is 2.15. The third kappa shape index (κ3) is 12.1. The van der Waals surface area contributed by atoms with E-state index in [1.54, 1.807) is 0 Å². The normalized spacial score (nSPS) is 23.0. The molecule has 2 fully saturated rings. The van der Waals surface area contributed by atoms with Gasteiger partial charge in [0, 0.05) is 25.2 Å². The summed E-state index contributed by atoms with van der Waals surface area (Å²) in [5.74, 6) is -0.949. The summed E-state index contributed by atoms with van der Waals surface area (Å²) in [6.45, 7) is 8.01. The second-order valence-corrected chi connectivity index (χ2v) is 11.1. The number of carboxylic acid groups (broad SMARTS) is 1. The molecule has 2 aromatic carbocycles. The molecular weight excluding hydrogens is 512 g/mol. The van der Waals surface area contributed by atoms with Gasteiger partial charge in [-0.2, -0.15) is 11.0 Å². The van der Waals surface area contributed by atoms with Crippen LogP contribution in [0.5, 0.6) is 0 Å². The number of carboxylic acids is 1. The summed E-state index contributed by atoms with van der Waals surface area (Å²) >= 11 is 0. The predicted octanol–water partition coefficient (Wildman–Crippen LogP) is 3.08. The van der Waals surface area contributed by atoms with Crippen LogP contribution in [0.2, 0.25) is 0 Å². The molecule has 4 atom stereocenters. The van der Waals surface area contributed by atoms with Crippen LogP contribution in [-0.4, -0.2) is 59.9 Å². The summed E-state index contributed by atoms with van der Waals surface area (Å²) < 4.78 is 5.40. The Labute approximate surface area is 237 Å². The molecule has 10 heteroatoms. The molecule has 4 rings (SSSR count). The fourth-order valence-electron chi connectivity index (χ4n) is 4.33. The molecule has 0 unspecified atom stereocenters. The molecule has 10 nitrogen and oxygen atoms in total. The largest absolute Gasteiger partial charge is 0.480 e. The summed E-state index contributed by atoms with van der Waals surface area (Å²) in [5.41, 5.74) is 7.84. The highest BCUT2D eigenvalue weighted by molar-refractivity contribution is 5.76. The molecule has 0 aromatic heterocycles. The van der Waals surface area contributed by atoms with Crippen LogP contribution >= 0.6 is 0 Å². The zero-order valence-electron chi connectivity index (χ0n) is 23.7. The number of rotatable bonds is 10. The van der Waals surface area contributed by atoms with Gasteiger partial charge < -0.3 is 20.5 Å². The second-order valence-electron chi connectivity index (χ2n) is 11.1. The molecular formula is C30H44N4O6. The van der Waals surface area contributed by atoms with E-state index in [0.717, 1.165) is 30.4 Å². The zero-order valence-corrected chi connectivity index (χ0v) is 23.7. The fourth-order valence-corrected chi connectivity index (χ4v) is 4.33. The van der Waals surface area contributed by atoms with Gasteiger partial charge in [0.05, 0.1) is 13.2 Å². The van der Waals surface area contributed by atoms with Crippen LogP contribution in [0.3, 0.4) is 0 Å². The summed E-state index contributed by atoms with van der Waals surface area (Å²) in [6.07, 6.45) is 3.06. The zero-order chi connectivity index (χ0) is 28.8. The van der Waals surface area contributed by atoms with Crippen LogP contribution in [0.4, 0.5) is 0 Å². The SMILES string of the molecule is CC(C)(C)OC(=O)[C@@H]1CC[C@@H](NOCc2ccccc2)CN1.O=C(O)[C@@H]1CC[C@@H](NOCc2ccccc2)CN1. The molecule has 40 heavy (non-hydrogen) atoms. The molecule has 220 valence electrons. The van der Waals surface area contributed by atoms with Gasteiger partial charge in [0.2, 0.25) is 0 Å². The summed E-state index contributed by atoms with van der Waals surface area (Å²) in [4.78, 5) is 33.7. The standard InChI is InChI=1S/C17H26N2O3.C13H18N2O3/c1-17(2,3)22-16(20)15-10-9-14(11-18-15)19-21-12-13-7-5-4-6-8-13;16-13(17)12-7-6-11(8-14-12)15-18-9-10-4-2-1-3-5-10/h4-8,14-15,18-19H,9-12H2,1-3H3;1-5,11-12,14-15H,6-9H2,(H,16,17)/t14-,15+;11-,12+/m11/s1. The number of carbonyl (C=O) groups excluding carboxylic acids is 1. The van der Waals surface area contributed by atoms with Crippen molar-refractivity contribution in [1.29, 1.82) is 0 Å². The van der Waals surface area contributed by atoms with Gasteiger partial charge in [0.1, 0.15) is 17.7 Å². The van der Waals surface area contributed by atoms with Crippen LogP contribution in [0.1, 0.15) is 57.6 Å². The molecule has 0 bridgehead atoms. The van der Waals surface area contributed by atoms with Crippen molar-refractivity contribution in [3.05, 3.63) is 71.8 Å². The van der Waals surface area contributed by atoms with Gasteiger partial charge in [-0.15, -0.1) is 0 Å². The molecule has 0 radical (unpaired) electrons. The Kier molecular flexibility index (Phi) is 13.0. The molecule has 0 aliphatic carbocycles. The minimum absolute atomic E-state index is 0.170. The van der Waals surface area contributed by atoms with E-state index in [1.165, 1.54) is 0 Å². The summed E-state index contributed by atoms with van der Waals surface area (Å²) in [5, 5.41) is 15.0. The van der Waals surface area contributed by atoms with Gasteiger partial charge in [-0.1, -0.05) is 60.7 Å². The Morgan fingerprint density at radius 1 is 0.775 bits per heavy atom. The minimum atomic E-state index is -0.779. The van der Waals surface area contributed by atoms with E-state index in [1.807, 2.05) is 81.4 Å². The number of esters is 1. The highest BCUT2D eigenvalue weighted by Gasteiger charge is 2.29. The van der Waals surface area contributed by atoms with Gasteiger partial charge >= 0.3 is 11.9 Å². The van der Waals surface area contributed by atoms with Crippen LogP contribution in [0, 0.1) is 0 Å². The first-order valence-electron chi connectivity index (χ1n) is 13.9. The van der Waals surface area contributed by atoms with E-state index in [0.29, 0.717) is 32.7 Å². The average Bonchev–Trinajstić information content (AvgIpc) is 2.94. The monoisotopic (exact) mass is 556 g/mol. The average molecular weight is 557 g/mol. The first-order chi connectivity index (χ1) is 19.2. The summed E-state index contributed by atoms with van der Waals surface area (Å²) in [7, 11) is 0. The lowest BCUT2D eigenvalue weighted by Gasteiger charge is -2.31. The minimum Gasteiger partial charge on any atom is -0.480 e. The van der Waals surface area contributed by atoms with E-state index in [2.05, 4.69) is 21.6 Å². The van der Waals surface area contributed by atoms with E-state index in [9.17, 15) is 9.59 Å². The number of benzene rings is 2. The molecule has 2 aromatic rings. The van der Waals surface area contributed by atoms with Crippen LogP contribution in [0.15, 0.2) is 60.7 Å². The maximum Gasteiger partial charge on any atom is 0.323 e. The number of aliphatic carboxylic acids is 1. The van der Waals surface area contributed by atoms with Gasteiger partial charge in [-0.25, -0.2) is 0 Å². The van der Waals surface area contributed by atoms with Gasteiger partial charge in [-0.3, -0.25) is 19.3 Å². The maximum absolute atomic E-state index is 12.0. The lowest BCUT2D eigenvalue weighted by Crippen LogP contribution is -2.51. The number of hydrogen-bond donors (Lipinski definition) is 5. The quantitative estimate of drug-likeness (QED) is 0.220. The third-order valence-electron chi connectivity index (χ3n) is 6.48. The smallest absolute Gasteiger partial charge is 0.323 e. The van der Waals surface area contributed by atoms with Crippen molar-refractivity contribution in [3.8, 4) is 0 Å². The third-order valence-corrected chi connectivity index (χ3v) is 6.48. The number of carbonyl (C=O) groups is 2. The van der Waals surface area contributed by atoms with Crippen LogP contribution in [-0.2, 0) is 37.2 Å². The molecule has 0 spiro atoms. The van der Waals surface area contributed by atoms with Crippen molar-refractivity contribution in [1.82, 2.24) is 21.6 Å².